The van der Waals surface area contributed by atoms with E-state index in [0.717, 1.165) is 16.8 Å². The van der Waals surface area contributed by atoms with Crippen LogP contribution < -0.4 is 11.1 Å². The van der Waals surface area contributed by atoms with Gasteiger partial charge in [-0.2, -0.15) is 5.10 Å². The van der Waals surface area contributed by atoms with Crippen LogP contribution in [0.2, 0.25) is 0 Å². The fraction of sp³-hybridized carbons (Fsp3) is 0. The summed E-state index contributed by atoms with van der Waals surface area (Å²) >= 11 is 0. The van der Waals surface area contributed by atoms with Gasteiger partial charge in [0.1, 0.15) is 0 Å². The van der Waals surface area contributed by atoms with E-state index in [1.165, 1.54) is 0 Å². The Balaban J connectivity index is 1.70. The van der Waals surface area contributed by atoms with E-state index in [1.54, 1.807) is 36.8 Å². The highest BCUT2D eigenvalue weighted by Gasteiger charge is 2.06. The zero-order valence-corrected chi connectivity index (χ0v) is 11.9. The standard InChI is InChI=1S/C16H11N5O2/c22-16-20-13-4-3-10(7-14(13)23-16)11-6-12(9-17-8-11)19-15-2-1-5-18-21-15/h1-9H,(H,19,21)(H,20,22). The molecule has 0 amide bonds. The molecule has 7 heteroatoms. The maximum atomic E-state index is 11.2. The molecule has 4 rings (SSSR count). The van der Waals surface area contributed by atoms with E-state index in [2.05, 4.69) is 25.5 Å². The number of H-pyrrole nitrogens is 1. The number of fused-ring (bicyclic) bond motifs is 1. The summed E-state index contributed by atoms with van der Waals surface area (Å²) in [7, 11) is 0. The van der Waals surface area contributed by atoms with E-state index < -0.39 is 5.76 Å². The van der Waals surface area contributed by atoms with Crippen LogP contribution in [-0.2, 0) is 0 Å². The third kappa shape index (κ3) is 2.67. The van der Waals surface area contributed by atoms with Crippen molar-refractivity contribution < 1.29 is 4.42 Å². The van der Waals surface area contributed by atoms with E-state index in [-0.39, 0.29) is 0 Å². The van der Waals surface area contributed by atoms with Crippen LogP contribution in [0.25, 0.3) is 22.2 Å². The quantitative estimate of drug-likeness (QED) is 0.604. The van der Waals surface area contributed by atoms with Crippen molar-refractivity contribution >= 4 is 22.6 Å². The first kappa shape index (κ1) is 13.2. The molecule has 3 heterocycles. The molecule has 0 aliphatic heterocycles. The van der Waals surface area contributed by atoms with Gasteiger partial charge in [-0.1, -0.05) is 6.07 Å². The van der Waals surface area contributed by atoms with Gasteiger partial charge in [0.2, 0.25) is 0 Å². The molecule has 4 aromatic rings. The predicted octanol–water partition coefficient (Wildman–Crippen LogP) is 2.72. The number of aromatic amines is 1. The number of pyridine rings is 1. The molecule has 0 unspecified atom stereocenters. The van der Waals surface area contributed by atoms with Crippen molar-refractivity contribution in [1.29, 1.82) is 0 Å². The lowest BCUT2D eigenvalue weighted by atomic mass is 10.1. The normalized spacial score (nSPS) is 10.8. The largest absolute Gasteiger partial charge is 0.417 e. The summed E-state index contributed by atoms with van der Waals surface area (Å²) in [4.78, 5) is 18.1. The first-order valence-corrected chi connectivity index (χ1v) is 6.91. The fourth-order valence-corrected chi connectivity index (χ4v) is 2.31. The van der Waals surface area contributed by atoms with E-state index in [0.29, 0.717) is 16.9 Å². The average Bonchev–Trinajstić information content (AvgIpc) is 2.95. The summed E-state index contributed by atoms with van der Waals surface area (Å²) in [6, 6.07) is 11.1. The van der Waals surface area contributed by atoms with Gasteiger partial charge in [0, 0.05) is 18.0 Å². The second-order valence-corrected chi connectivity index (χ2v) is 4.92. The van der Waals surface area contributed by atoms with Crippen LogP contribution in [0.1, 0.15) is 0 Å². The Bertz CT molecular complexity index is 1020. The summed E-state index contributed by atoms with van der Waals surface area (Å²) in [5, 5.41) is 10.9. The van der Waals surface area contributed by atoms with E-state index in [1.807, 2.05) is 18.2 Å². The number of hydrogen-bond donors (Lipinski definition) is 2. The van der Waals surface area contributed by atoms with Gasteiger partial charge in [0.15, 0.2) is 11.4 Å². The number of benzene rings is 1. The van der Waals surface area contributed by atoms with Crippen molar-refractivity contribution in [1.82, 2.24) is 20.2 Å². The lowest BCUT2D eigenvalue weighted by Crippen LogP contribution is -1.95. The molecular weight excluding hydrogens is 294 g/mol. The van der Waals surface area contributed by atoms with Crippen LogP contribution in [0.3, 0.4) is 0 Å². The summed E-state index contributed by atoms with van der Waals surface area (Å²) in [5.41, 5.74) is 3.76. The molecule has 0 atom stereocenters. The van der Waals surface area contributed by atoms with Crippen molar-refractivity contribution in [3.63, 3.8) is 0 Å². The molecular formula is C16H11N5O2. The first-order valence-electron chi connectivity index (χ1n) is 6.91. The minimum absolute atomic E-state index is 0.464. The Labute approximate surface area is 130 Å². The third-order valence-corrected chi connectivity index (χ3v) is 3.34. The van der Waals surface area contributed by atoms with Crippen molar-refractivity contribution in [2.75, 3.05) is 5.32 Å². The highest BCUT2D eigenvalue weighted by atomic mass is 16.4. The molecule has 0 saturated heterocycles. The number of nitrogens with one attached hydrogen (secondary N) is 2. The van der Waals surface area contributed by atoms with Crippen LogP contribution >= 0.6 is 0 Å². The topological polar surface area (TPSA) is 96.7 Å². The van der Waals surface area contributed by atoms with Gasteiger partial charge in [-0.05, 0) is 35.9 Å². The van der Waals surface area contributed by atoms with Crippen molar-refractivity contribution in [2.24, 2.45) is 0 Å². The monoisotopic (exact) mass is 305 g/mol. The highest BCUT2D eigenvalue weighted by Crippen LogP contribution is 2.25. The lowest BCUT2D eigenvalue weighted by molar-refractivity contribution is 0.555. The first-order chi connectivity index (χ1) is 11.3. The Morgan fingerprint density at radius 1 is 1.09 bits per heavy atom. The zero-order valence-electron chi connectivity index (χ0n) is 11.9. The molecule has 0 aliphatic carbocycles. The van der Waals surface area contributed by atoms with Crippen molar-refractivity contribution in [3.8, 4) is 11.1 Å². The number of rotatable bonds is 3. The highest BCUT2D eigenvalue weighted by molar-refractivity contribution is 5.80. The molecule has 112 valence electrons. The van der Waals surface area contributed by atoms with Gasteiger partial charge in [0.05, 0.1) is 17.4 Å². The summed E-state index contributed by atoms with van der Waals surface area (Å²) in [6.45, 7) is 0. The van der Waals surface area contributed by atoms with E-state index in [4.69, 9.17) is 4.42 Å². The fourth-order valence-electron chi connectivity index (χ4n) is 2.31. The van der Waals surface area contributed by atoms with Crippen LogP contribution in [-0.4, -0.2) is 20.2 Å². The van der Waals surface area contributed by atoms with Crippen LogP contribution in [0.5, 0.6) is 0 Å². The summed E-state index contributed by atoms with van der Waals surface area (Å²) < 4.78 is 5.09. The smallest absolute Gasteiger partial charge is 0.408 e. The SMILES string of the molecule is O=c1[nH]c2ccc(-c3cncc(Nc4cccnn4)c3)cc2o1. The minimum Gasteiger partial charge on any atom is -0.408 e. The van der Waals surface area contributed by atoms with E-state index in [9.17, 15) is 4.79 Å². The van der Waals surface area contributed by atoms with Crippen LogP contribution in [0.15, 0.2) is 64.2 Å². The van der Waals surface area contributed by atoms with Crippen LogP contribution in [0, 0.1) is 0 Å². The number of oxazole rings is 1. The average molecular weight is 305 g/mol. The number of hydrogen-bond acceptors (Lipinski definition) is 6. The van der Waals surface area contributed by atoms with Gasteiger partial charge in [-0.15, -0.1) is 5.10 Å². The molecule has 0 bridgehead atoms. The third-order valence-electron chi connectivity index (χ3n) is 3.34. The maximum absolute atomic E-state index is 11.2. The van der Waals surface area contributed by atoms with Gasteiger partial charge in [0.25, 0.3) is 0 Å². The molecule has 2 N–H and O–H groups in total. The second kappa shape index (κ2) is 5.38. The summed E-state index contributed by atoms with van der Waals surface area (Å²) in [6.07, 6.45) is 5.06. The van der Waals surface area contributed by atoms with Crippen molar-refractivity contribution in [2.45, 2.75) is 0 Å². The number of nitrogens with zero attached hydrogens (tertiary/aromatic N) is 3. The number of anilines is 2. The lowest BCUT2D eigenvalue weighted by Gasteiger charge is -2.06. The molecule has 0 fully saturated rings. The van der Waals surface area contributed by atoms with Gasteiger partial charge >= 0.3 is 5.76 Å². The Morgan fingerprint density at radius 2 is 2.04 bits per heavy atom. The Morgan fingerprint density at radius 3 is 2.91 bits per heavy atom. The molecule has 0 radical (unpaired) electrons. The van der Waals surface area contributed by atoms with Crippen molar-refractivity contribution in [3.05, 3.63) is 65.5 Å². The van der Waals surface area contributed by atoms with Gasteiger partial charge in [-0.25, -0.2) is 4.79 Å². The minimum atomic E-state index is -0.464. The predicted molar refractivity (Wildman–Crippen MR) is 85.4 cm³/mol. The van der Waals surface area contributed by atoms with Gasteiger partial charge in [-0.3, -0.25) is 9.97 Å². The summed E-state index contributed by atoms with van der Waals surface area (Å²) in [5.74, 6) is 0.173. The number of aromatic nitrogens is 4. The molecule has 0 spiro atoms. The Hall–Kier alpha value is -3.48. The van der Waals surface area contributed by atoms with Gasteiger partial charge < -0.3 is 9.73 Å². The molecule has 0 saturated carbocycles. The molecule has 0 aliphatic rings. The molecule has 7 nitrogen and oxygen atoms in total. The van der Waals surface area contributed by atoms with E-state index >= 15 is 0 Å². The zero-order chi connectivity index (χ0) is 15.6. The molecule has 3 aromatic heterocycles. The molecule has 1 aromatic carbocycles. The maximum Gasteiger partial charge on any atom is 0.417 e. The van der Waals surface area contributed by atoms with Crippen LogP contribution in [0.4, 0.5) is 11.5 Å². The molecule has 23 heavy (non-hydrogen) atoms. The second-order valence-electron chi connectivity index (χ2n) is 4.92. The Kier molecular flexibility index (Phi) is 3.09.